The third-order valence-electron chi connectivity index (χ3n) is 5.87. The maximum Gasteiger partial charge on any atom is 0.227 e. The van der Waals surface area contributed by atoms with Crippen molar-refractivity contribution in [2.75, 3.05) is 33.3 Å². The number of benzene rings is 2. The van der Waals surface area contributed by atoms with Gasteiger partial charge >= 0.3 is 0 Å². The number of halogens is 1. The molecule has 2 aromatic rings. The Morgan fingerprint density at radius 3 is 2.50 bits per heavy atom. The summed E-state index contributed by atoms with van der Waals surface area (Å²) in [7, 11) is 1.47. The lowest BCUT2D eigenvalue weighted by atomic mass is 10.0. The Balaban J connectivity index is 1.29. The summed E-state index contributed by atoms with van der Waals surface area (Å²) in [6.45, 7) is 3.76. The van der Waals surface area contributed by atoms with Crippen molar-refractivity contribution in [3.63, 3.8) is 0 Å². The average Bonchev–Trinajstić information content (AvgIpc) is 3.16. The SMILES string of the molecule is COc1ccc(CN2CCN(C(=O)Cc3ccc4c(c3)CCC4)CC2)cc1F. The summed E-state index contributed by atoms with van der Waals surface area (Å²) in [4.78, 5) is 16.9. The largest absolute Gasteiger partial charge is 0.494 e. The third kappa shape index (κ3) is 4.20. The molecule has 4 rings (SSSR count). The Morgan fingerprint density at radius 2 is 1.75 bits per heavy atom. The van der Waals surface area contributed by atoms with Gasteiger partial charge in [0.1, 0.15) is 0 Å². The van der Waals surface area contributed by atoms with Gasteiger partial charge in [0, 0.05) is 32.7 Å². The van der Waals surface area contributed by atoms with Crippen molar-refractivity contribution in [2.24, 2.45) is 0 Å². The molecule has 2 aromatic carbocycles. The quantitative estimate of drug-likeness (QED) is 0.796. The Morgan fingerprint density at radius 1 is 1.00 bits per heavy atom. The van der Waals surface area contributed by atoms with E-state index in [0.29, 0.717) is 13.0 Å². The van der Waals surface area contributed by atoms with Crippen LogP contribution in [-0.2, 0) is 30.6 Å². The van der Waals surface area contributed by atoms with Gasteiger partial charge in [-0.05, 0) is 53.6 Å². The summed E-state index contributed by atoms with van der Waals surface area (Å²) in [5, 5.41) is 0. The van der Waals surface area contributed by atoms with Crippen molar-refractivity contribution < 1.29 is 13.9 Å². The zero-order chi connectivity index (χ0) is 19.5. The van der Waals surface area contributed by atoms with E-state index in [1.807, 2.05) is 11.0 Å². The van der Waals surface area contributed by atoms with E-state index in [4.69, 9.17) is 4.74 Å². The van der Waals surface area contributed by atoms with Crippen LogP contribution in [0.15, 0.2) is 36.4 Å². The van der Waals surface area contributed by atoms with Crippen LogP contribution in [0.5, 0.6) is 5.75 Å². The first-order valence-corrected chi connectivity index (χ1v) is 10.1. The first kappa shape index (κ1) is 18.9. The van der Waals surface area contributed by atoms with Gasteiger partial charge in [-0.3, -0.25) is 9.69 Å². The molecule has 1 amide bonds. The molecule has 0 unspecified atom stereocenters. The minimum Gasteiger partial charge on any atom is -0.494 e. The highest BCUT2D eigenvalue weighted by Gasteiger charge is 2.22. The van der Waals surface area contributed by atoms with Gasteiger partial charge in [0.2, 0.25) is 5.91 Å². The number of carbonyl (C=O) groups excluding carboxylic acids is 1. The van der Waals surface area contributed by atoms with Crippen LogP contribution in [0.3, 0.4) is 0 Å². The van der Waals surface area contributed by atoms with Gasteiger partial charge in [-0.2, -0.15) is 0 Å². The molecule has 1 saturated heterocycles. The number of rotatable bonds is 5. The molecule has 0 N–H and O–H groups in total. The third-order valence-corrected chi connectivity index (χ3v) is 5.87. The van der Waals surface area contributed by atoms with Gasteiger partial charge in [0.25, 0.3) is 0 Å². The topological polar surface area (TPSA) is 32.8 Å². The fourth-order valence-corrected chi connectivity index (χ4v) is 4.24. The molecule has 0 radical (unpaired) electrons. The minimum absolute atomic E-state index is 0.202. The second kappa shape index (κ2) is 8.31. The molecule has 1 aliphatic heterocycles. The van der Waals surface area contributed by atoms with E-state index in [0.717, 1.165) is 43.7 Å². The Labute approximate surface area is 165 Å². The van der Waals surface area contributed by atoms with Crippen LogP contribution in [-0.4, -0.2) is 49.0 Å². The van der Waals surface area contributed by atoms with Gasteiger partial charge in [-0.25, -0.2) is 4.39 Å². The first-order chi connectivity index (χ1) is 13.6. The zero-order valence-corrected chi connectivity index (χ0v) is 16.4. The van der Waals surface area contributed by atoms with E-state index >= 15 is 0 Å². The molecule has 0 bridgehead atoms. The van der Waals surface area contributed by atoms with Crippen molar-refractivity contribution in [3.8, 4) is 5.75 Å². The maximum atomic E-state index is 13.9. The highest BCUT2D eigenvalue weighted by atomic mass is 19.1. The van der Waals surface area contributed by atoms with Crippen LogP contribution >= 0.6 is 0 Å². The van der Waals surface area contributed by atoms with E-state index in [1.54, 1.807) is 6.07 Å². The second-order valence-corrected chi connectivity index (χ2v) is 7.76. The summed E-state index contributed by atoms with van der Waals surface area (Å²) in [5.74, 6) is 0.141. The number of amides is 1. The lowest BCUT2D eigenvalue weighted by Gasteiger charge is -2.35. The van der Waals surface area contributed by atoms with Crippen molar-refractivity contribution in [1.29, 1.82) is 0 Å². The van der Waals surface area contributed by atoms with Crippen LogP contribution in [0.2, 0.25) is 0 Å². The Kier molecular flexibility index (Phi) is 5.62. The van der Waals surface area contributed by atoms with Crippen LogP contribution in [0.4, 0.5) is 4.39 Å². The van der Waals surface area contributed by atoms with Gasteiger partial charge in [-0.15, -0.1) is 0 Å². The van der Waals surface area contributed by atoms with Crippen LogP contribution < -0.4 is 4.74 Å². The maximum absolute atomic E-state index is 13.9. The van der Waals surface area contributed by atoms with E-state index in [2.05, 4.69) is 23.1 Å². The number of nitrogens with zero attached hydrogens (tertiary/aromatic N) is 2. The molecule has 28 heavy (non-hydrogen) atoms. The standard InChI is InChI=1S/C23H27FN2O2/c1-28-22-8-6-18(14-21(22)24)16-25-9-11-26(12-10-25)23(27)15-17-5-7-19-3-2-4-20(19)13-17/h5-8,13-14H,2-4,9-12,15-16H2,1H3. The number of carbonyl (C=O) groups is 1. The first-order valence-electron chi connectivity index (χ1n) is 10.1. The highest BCUT2D eigenvalue weighted by Crippen LogP contribution is 2.23. The summed E-state index contributed by atoms with van der Waals surface area (Å²) >= 11 is 0. The molecule has 0 aromatic heterocycles. The molecule has 1 aliphatic carbocycles. The van der Waals surface area contributed by atoms with Gasteiger partial charge in [0.15, 0.2) is 11.6 Å². The van der Waals surface area contributed by atoms with Crippen molar-refractivity contribution in [3.05, 3.63) is 64.5 Å². The lowest BCUT2D eigenvalue weighted by molar-refractivity contribution is -0.132. The average molecular weight is 382 g/mol. The van der Waals surface area contributed by atoms with E-state index in [1.165, 1.54) is 37.1 Å². The van der Waals surface area contributed by atoms with Crippen molar-refractivity contribution >= 4 is 5.91 Å². The fraction of sp³-hybridized carbons (Fsp3) is 0.435. The molecule has 0 atom stereocenters. The van der Waals surface area contributed by atoms with Crippen LogP contribution in [0.1, 0.15) is 28.7 Å². The molecule has 0 spiro atoms. The minimum atomic E-state index is -0.330. The van der Waals surface area contributed by atoms with Crippen molar-refractivity contribution in [1.82, 2.24) is 9.80 Å². The molecular weight excluding hydrogens is 355 g/mol. The number of ether oxygens (including phenoxy) is 1. The van der Waals surface area contributed by atoms with Gasteiger partial charge in [-0.1, -0.05) is 24.3 Å². The smallest absolute Gasteiger partial charge is 0.227 e. The van der Waals surface area contributed by atoms with Gasteiger partial charge in [0.05, 0.1) is 13.5 Å². The van der Waals surface area contributed by atoms with Gasteiger partial charge < -0.3 is 9.64 Å². The molecule has 1 fully saturated rings. The van der Waals surface area contributed by atoms with Crippen molar-refractivity contribution in [2.45, 2.75) is 32.2 Å². The normalized spacial score (nSPS) is 16.9. The summed E-state index contributed by atoms with van der Waals surface area (Å²) in [6.07, 6.45) is 4.02. The number of hydrogen-bond acceptors (Lipinski definition) is 3. The molecule has 148 valence electrons. The predicted octanol–water partition coefficient (Wildman–Crippen LogP) is 3.21. The van der Waals surface area contributed by atoms with E-state index < -0.39 is 0 Å². The molecule has 0 saturated carbocycles. The van der Waals surface area contributed by atoms with E-state index in [9.17, 15) is 9.18 Å². The summed E-state index contributed by atoms with van der Waals surface area (Å²) in [6, 6.07) is 11.6. The number of methoxy groups -OCH3 is 1. The molecule has 2 aliphatic rings. The summed E-state index contributed by atoms with van der Waals surface area (Å²) in [5.41, 5.74) is 4.92. The summed E-state index contributed by atoms with van der Waals surface area (Å²) < 4.78 is 18.8. The number of aryl methyl sites for hydroxylation is 2. The Hall–Kier alpha value is -2.40. The molecular formula is C23H27FN2O2. The highest BCUT2D eigenvalue weighted by molar-refractivity contribution is 5.79. The fourth-order valence-electron chi connectivity index (χ4n) is 4.24. The number of piperazine rings is 1. The van der Waals surface area contributed by atoms with Crippen LogP contribution in [0, 0.1) is 5.82 Å². The van der Waals surface area contributed by atoms with E-state index in [-0.39, 0.29) is 17.5 Å². The zero-order valence-electron chi connectivity index (χ0n) is 16.4. The molecule has 5 heteroatoms. The molecule has 4 nitrogen and oxygen atoms in total. The lowest BCUT2D eigenvalue weighted by Crippen LogP contribution is -2.48. The molecule has 1 heterocycles. The Bertz CT molecular complexity index is 860. The second-order valence-electron chi connectivity index (χ2n) is 7.76. The number of fused-ring (bicyclic) bond motifs is 1. The monoisotopic (exact) mass is 382 g/mol. The predicted molar refractivity (Wildman–Crippen MR) is 107 cm³/mol. The number of hydrogen-bond donors (Lipinski definition) is 0. The van der Waals surface area contributed by atoms with Crippen LogP contribution in [0.25, 0.3) is 0 Å².